The van der Waals surface area contributed by atoms with Crippen LogP contribution in [0.3, 0.4) is 0 Å². The largest absolute Gasteiger partial charge is 0.299 e. The average Bonchev–Trinajstić information content (AvgIpc) is 2.75. The number of hydrogen-bond donors (Lipinski definition) is 1. The minimum Gasteiger partial charge on any atom is -0.299 e. The fourth-order valence-electron chi connectivity index (χ4n) is 2.11. The highest BCUT2D eigenvalue weighted by Crippen LogP contribution is 2.36. The van der Waals surface area contributed by atoms with Crippen LogP contribution in [0.15, 0.2) is 0 Å². The van der Waals surface area contributed by atoms with Gasteiger partial charge in [-0.25, -0.2) is 4.98 Å². The van der Waals surface area contributed by atoms with E-state index in [1.165, 1.54) is 0 Å². The third-order valence-corrected chi connectivity index (χ3v) is 3.83. The summed E-state index contributed by atoms with van der Waals surface area (Å²) in [6, 6.07) is 2.19. The summed E-state index contributed by atoms with van der Waals surface area (Å²) in [5.74, 6) is 0.413. The van der Waals surface area contributed by atoms with Gasteiger partial charge in [0, 0.05) is 11.5 Å². The summed E-state index contributed by atoms with van der Waals surface area (Å²) in [4.78, 5) is 16.2. The Bertz CT molecular complexity index is 456. The van der Waals surface area contributed by atoms with E-state index in [2.05, 4.69) is 20.7 Å². The fourth-order valence-corrected chi connectivity index (χ4v) is 2.68. The summed E-state index contributed by atoms with van der Waals surface area (Å²) in [6.07, 6.45) is 4.28. The van der Waals surface area contributed by atoms with Crippen molar-refractivity contribution in [2.45, 2.75) is 39.0 Å². The van der Waals surface area contributed by atoms with E-state index in [-0.39, 0.29) is 5.91 Å². The first kappa shape index (κ1) is 12.0. The van der Waals surface area contributed by atoms with Gasteiger partial charge in [-0.2, -0.15) is 9.64 Å². The number of aryl methyl sites for hydroxylation is 1. The van der Waals surface area contributed by atoms with Crippen molar-refractivity contribution in [3.8, 4) is 6.07 Å². The normalized spacial score (nSPS) is 18.4. The second-order valence-corrected chi connectivity index (χ2v) is 5.11. The van der Waals surface area contributed by atoms with Crippen molar-refractivity contribution >= 4 is 22.6 Å². The van der Waals surface area contributed by atoms with Gasteiger partial charge in [-0.15, -0.1) is 0 Å². The summed E-state index contributed by atoms with van der Waals surface area (Å²) in [5.41, 5.74) is -0.863. The fraction of sp³-hybridized carbons (Fsp3) is 0.636. The minimum absolute atomic E-state index is 0.226. The predicted molar refractivity (Wildman–Crippen MR) is 64.4 cm³/mol. The Morgan fingerprint density at radius 3 is 2.71 bits per heavy atom. The zero-order valence-corrected chi connectivity index (χ0v) is 10.5. The van der Waals surface area contributed by atoms with Gasteiger partial charge in [-0.3, -0.25) is 10.1 Å². The number of aromatic nitrogens is 2. The van der Waals surface area contributed by atoms with Crippen LogP contribution in [0.25, 0.3) is 0 Å². The van der Waals surface area contributed by atoms with E-state index in [9.17, 15) is 10.1 Å². The van der Waals surface area contributed by atoms with Gasteiger partial charge in [0.05, 0.1) is 6.07 Å². The first-order chi connectivity index (χ1) is 8.16. The molecule has 6 heteroatoms. The molecule has 0 bridgehead atoms. The highest BCUT2D eigenvalue weighted by atomic mass is 32.1. The van der Waals surface area contributed by atoms with Crippen molar-refractivity contribution in [3.63, 3.8) is 0 Å². The SMILES string of the molecule is Cc1nsc(NC(=O)C2(C#N)CCCCC2)n1. The lowest BCUT2D eigenvalue weighted by atomic mass is 9.74. The van der Waals surface area contributed by atoms with E-state index in [1.54, 1.807) is 6.92 Å². The van der Waals surface area contributed by atoms with E-state index in [1.807, 2.05) is 0 Å². The van der Waals surface area contributed by atoms with Crippen molar-refractivity contribution in [1.82, 2.24) is 9.36 Å². The van der Waals surface area contributed by atoms with E-state index < -0.39 is 5.41 Å². The molecule has 1 aromatic rings. The molecule has 0 radical (unpaired) electrons. The second-order valence-electron chi connectivity index (χ2n) is 4.36. The molecule has 1 amide bonds. The van der Waals surface area contributed by atoms with E-state index >= 15 is 0 Å². The predicted octanol–water partition coefficient (Wildman–Crippen LogP) is 2.26. The summed E-state index contributed by atoms with van der Waals surface area (Å²) in [7, 11) is 0. The monoisotopic (exact) mass is 250 g/mol. The number of carbonyl (C=O) groups is 1. The molecule has 0 aliphatic heterocycles. The summed E-state index contributed by atoms with van der Waals surface area (Å²) in [6.45, 7) is 1.77. The van der Waals surface area contributed by atoms with Crippen molar-refractivity contribution in [1.29, 1.82) is 5.26 Å². The Morgan fingerprint density at radius 1 is 1.47 bits per heavy atom. The Labute approximate surface area is 104 Å². The number of nitriles is 1. The molecule has 0 unspecified atom stereocenters. The Balaban J connectivity index is 2.10. The van der Waals surface area contributed by atoms with Crippen molar-refractivity contribution < 1.29 is 4.79 Å². The third kappa shape index (κ3) is 2.44. The van der Waals surface area contributed by atoms with Gasteiger partial charge in [-0.05, 0) is 19.8 Å². The van der Waals surface area contributed by atoms with Crippen LogP contribution < -0.4 is 5.32 Å². The van der Waals surface area contributed by atoms with Crippen LogP contribution in [0.5, 0.6) is 0 Å². The number of nitrogens with zero attached hydrogens (tertiary/aromatic N) is 3. The van der Waals surface area contributed by atoms with Crippen molar-refractivity contribution in [3.05, 3.63) is 5.82 Å². The molecule has 0 aromatic carbocycles. The molecule has 0 saturated heterocycles. The van der Waals surface area contributed by atoms with Gasteiger partial charge in [0.1, 0.15) is 11.2 Å². The lowest BCUT2D eigenvalue weighted by molar-refractivity contribution is -0.124. The van der Waals surface area contributed by atoms with Crippen LogP contribution >= 0.6 is 11.5 Å². The Kier molecular flexibility index (Phi) is 3.38. The van der Waals surface area contributed by atoms with Gasteiger partial charge in [-0.1, -0.05) is 19.3 Å². The molecule has 1 N–H and O–H groups in total. The minimum atomic E-state index is -0.863. The third-order valence-electron chi connectivity index (χ3n) is 3.10. The maximum absolute atomic E-state index is 12.1. The molecule has 5 nitrogen and oxygen atoms in total. The lowest BCUT2D eigenvalue weighted by Gasteiger charge is -2.28. The number of nitrogens with one attached hydrogen (secondary N) is 1. The molecule has 1 fully saturated rings. The van der Waals surface area contributed by atoms with Gasteiger partial charge in [0.15, 0.2) is 0 Å². The maximum Gasteiger partial charge on any atom is 0.246 e. The molecular formula is C11H14N4OS. The molecule has 1 aliphatic carbocycles. The molecule has 1 aromatic heterocycles. The molecule has 2 rings (SSSR count). The van der Waals surface area contributed by atoms with E-state index in [4.69, 9.17) is 0 Å². The molecular weight excluding hydrogens is 236 g/mol. The molecule has 1 saturated carbocycles. The van der Waals surface area contributed by atoms with Crippen LogP contribution in [0.2, 0.25) is 0 Å². The Hall–Kier alpha value is -1.48. The maximum atomic E-state index is 12.1. The molecule has 90 valence electrons. The van der Waals surface area contributed by atoms with Crippen molar-refractivity contribution in [2.75, 3.05) is 5.32 Å². The van der Waals surface area contributed by atoms with E-state index in [0.29, 0.717) is 23.8 Å². The highest BCUT2D eigenvalue weighted by Gasteiger charge is 2.40. The topological polar surface area (TPSA) is 78.7 Å². The number of anilines is 1. The standard InChI is InChI=1S/C11H14N4OS/c1-8-13-10(17-15-8)14-9(16)11(7-12)5-3-2-4-6-11/h2-6H2,1H3,(H,13,14,15,16). The molecule has 1 aliphatic rings. The van der Waals surface area contributed by atoms with Gasteiger partial charge < -0.3 is 0 Å². The molecule has 0 atom stereocenters. The first-order valence-corrected chi connectivity index (χ1v) is 6.47. The van der Waals surface area contributed by atoms with Gasteiger partial charge in [0.25, 0.3) is 0 Å². The number of carbonyl (C=O) groups excluding carboxylic acids is 1. The van der Waals surface area contributed by atoms with Crippen molar-refractivity contribution in [2.24, 2.45) is 5.41 Å². The average molecular weight is 250 g/mol. The summed E-state index contributed by atoms with van der Waals surface area (Å²) < 4.78 is 4.00. The van der Waals surface area contributed by atoms with Gasteiger partial charge >= 0.3 is 0 Å². The summed E-state index contributed by atoms with van der Waals surface area (Å²) in [5, 5.41) is 12.4. The quantitative estimate of drug-likeness (QED) is 0.873. The molecule has 1 heterocycles. The van der Waals surface area contributed by atoms with Crippen LogP contribution in [-0.4, -0.2) is 15.3 Å². The molecule has 0 spiro atoms. The van der Waals surface area contributed by atoms with E-state index in [0.717, 1.165) is 30.8 Å². The van der Waals surface area contributed by atoms with Crippen LogP contribution in [0.1, 0.15) is 37.9 Å². The Morgan fingerprint density at radius 2 is 2.18 bits per heavy atom. The zero-order valence-electron chi connectivity index (χ0n) is 9.69. The second kappa shape index (κ2) is 4.80. The number of hydrogen-bond acceptors (Lipinski definition) is 5. The summed E-state index contributed by atoms with van der Waals surface area (Å²) >= 11 is 1.15. The highest BCUT2D eigenvalue weighted by molar-refractivity contribution is 7.09. The zero-order chi connectivity index (χ0) is 12.3. The number of amides is 1. The van der Waals surface area contributed by atoms with Gasteiger partial charge in [0.2, 0.25) is 11.0 Å². The smallest absolute Gasteiger partial charge is 0.246 e. The number of rotatable bonds is 2. The van der Waals surface area contributed by atoms with Crippen LogP contribution in [0, 0.1) is 23.7 Å². The van der Waals surface area contributed by atoms with Crippen LogP contribution in [-0.2, 0) is 4.79 Å². The van der Waals surface area contributed by atoms with Crippen LogP contribution in [0.4, 0.5) is 5.13 Å². The molecule has 17 heavy (non-hydrogen) atoms. The lowest BCUT2D eigenvalue weighted by Crippen LogP contribution is -2.36. The first-order valence-electron chi connectivity index (χ1n) is 5.69.